The summed E-state index contributed by atoms with van der Waals surface area (Å²) in [5.74, 6) is -0.296. The fourth-order valence-corrected chi connectivity index (χ4v) is 3.18. The van der Waals surface area contributed by atoms with Crippen molar-refractivity contribution in [2.75, 3.05) is 0 Å². The van der Waals surface area contributed by atoms with E-state index in [1.54, 1.807) is 22.7 Å². The first-order chi connectivity index (χ1) is 6.79. The van der Waals surface area contributed by atoms with Crippen molar-refractivity contribution in [3.8, 4) is 0 Å². The molecule has 0 saturated heterocycles. The van der Waals surface area contributed by atoms with Crippen LogP contribution in [0.1, 0.15) is 15.7 Å². The molecular weight excluding hydrogens is 216 g/mol. The van der Waals surface area contributed by atoms with Crippen LogP contribution in [-0.4, -0.2) is 16.5 Å². The van der Waals surface area contributed by atoms with Gasteiger partial charge < -0.3 is 10.2 Å². The van der Waals surface area contributed by atoms with E-state index in [0.717, 1.165) is 9.75 Å². The smallest absolute Gasteiger partial charge is 0.164 e. The van der Waals surface area contributed by atoms with E-state index in [4.69, 9.17) is 0 Å². The molecule has 2 N–H and O–H groups in total. The Hall–Kier alpha value is -0.680. The first kappa shape index (κ1) is 9.86. The highest BCUT2D eigenvalue weighted by Crippen LogP contribution is 2.33. The number of hydrogen-bond acceptors (Lipinski definition) is 4. The molecule has 2 aromatic rings. The topological polar surface area (TPSA) is 40.5 Å². The largest absolute Gasteiger partial charge is 0.367 e. The van der Waals surface area contributed by atoms with Crippen molar-refractivity contribution in [3.63, 3.8) is 0 Å². The average molecular weight is 226 g/mol. The summed E-state index contributed by atoms with van der Waals surface area (Å²) >= 11 is 3.09. The number of aliphatic hydroxyl groups is 2. The molecule has 0 bridgehead atoms. The van der Waals surface area contributed by atoms with Crippen LogP contribution in [0.15, 0.2) is 35.0 Å². The van der Waals surface area contributed by atoms with Crippen molar-refractivity contribution < 1.29 is 10.2 Å². The third kappa shape index (κ3) is 1.88. The zero-order valence-corrected chi connectivity index (χ0v) is 8.96. The monoisotopic (exact) mass is 226 g/mol. The maximum absolute atomic E-state index is 9.32. The average Bonchev–Trinajstić information content (AvgIpc) is 2.75. The Morgan fingerprint density at radius 1 is 0.929 bits per heavy atom. The lowest BCUT2D eigenvalue weighted by Crippen LogP contribution is -2.16. The molecule has 0 aromatic carbocycles. The van der Waals surface area contributed by atoms with Crippen LogP contribution in [-0.2, 0) is 0 Å². The van der Waals surface area contributed by atoms with Gasteiger partial charge in [-0.1, -0.05) is 12.1 Å². The molecule has 0 spiro atoms. The summed E-state index contributed by atoms with van der Waals surface area (Å²) < 4.78 is 0. The molecule has 2 nitrogen and oxygen atoms in total. The molecule has 0 aliphatic heterocycles. The standard InChI is InChI=1S/C10H10O2S2/c11-10(12)9(7-3-1-5-13-7)8-4-2-6-14-8/h1-6,9-12H. The lowest BCUT2D eigenvalue weighted by Gasteiger charge is -2.15. The van der Waals surface area contributed by atoms with Crippen molar-refractivity contribution in [3.05, 3.63) is 44.8 Å². The molecule has 0 fully saturated rings. The maximum Gasteiger partial charge on any atom is 0.164 e. The van der Waals surface area contributed by atoms with E-state index >= 15 is 0 Å². The zero-order chi connectivity index (χ0) is 9.97. The molecule has 0 amide bonds. The van der Waals surface area contributed by atoms with Crippen molar-refractivity contribution in [2.45, 2.75) is 12.2 Å². The van der Waals surface area contributed by atoms with Gasteiger partial charge in [0, 0.05) is 9.75 Å². The van der Waals surface area contributed by atoms with Crippen molar-refractivity contribution in [2.24, 2.45) is 0 Å². The van der Waals surface area contributed by atoms with Gasteiger partial charge >= 0.3 is 0 Å². The summed E-state index contributed by atoms with van der Waals surface area (Å²) in [7, 11) is 0. The van der Waals surface area contributed by atoms with E-state index in [-0.39, 0.29) is 5.92 Å². The summed E-state index contributed by atoms with van der Waals surface area (Å²) in [6.07, 6.45) is -1.33. The van der Waals surface area contributed by atoms with Gasteiger partial charge in [0.25, 0.3) is 0 Å². The Morgan fingerprint density at radius 3 is 1.71 bits per heavy atom. The highest BCUT2D eigenvalue weighted by Gasteiger charge is 2.22. The molecule has 74 valence electrons. The third-order valence-electron chi connectivity index (χ3n) is 2.00. The summed E-state index contributed by atoms with van der Waals surface area (Å²) in [6.45, 7) is 0. The van der Waals surface area contributed by atoms with Crippen LogP contribution in [0, 0.1) is 0 Å². The van der Waals surface area contributed by atoms with E-state index < -0.39 is 6.29 Å². The van der Waals surface area contributed by atoms with Gasteiger partial charge in [-0.3, -0.25) is 0 Å². The molecule has 2 heterocycles. The van der Waals surface area contributed by atoms with Crippen LogP contribution in [0.3, 0.4) is 0 Å². The minimum atomic E-state index is -1.33. The van der Waals surface area contributed by atoms with Crippen LogP contribution >= 0.6 is 22.7 Å². The number of aliphatic hydroxyl groups excluding tert-OH is 1. The Balaban J connectivity index is 2.35. The van der Waals surface area contributed by atoms with Crippen LogP contribution in [0.25, 0.3) is 0 Å². The van der Waals surface area contributed by atoms with Gasteiger partial charge in [-0.05, 0) is 22.9 Å². The molecule has 0 radical (unpaired) electrons. The van der Waals surface area contributed by atoms with E-state index in [9.17, 15) is 10.2 Å². The molecule has 0 aliphatic carbocycles. The van der Waals surface area contributed by atoms with Gasteiger partial charge in [-0.2, -0.15) is 0 Å². The number of rotatable bonds is 3. The normalized spacial score (nSPS) is 11.4. The van der Waals surface area contributed by atoms with Gasteiger partial charge in [-0.25, -0.2) is 0 Å². The molecule has 0 saturated carbocycles. The fraction of sp³-hybridized carbons (Fsp3) is 0.200. The van der Waals surface area contributed by atoms with Gasteiger partial charge in [0.15, 0.2) is 6.29 Å². The van der Waals surface area contributed by atoms with E-state index in [1.807, 2.05) is 35.0 Å². The van der Waals surface area contributed by atoms with Crippen LogP contribution < -0.4 is 0 Å². The summed E-state index contributed by atoms with van der Waals surface area (Å²) in [5, 5.41) is 22.5. The Kier molecular flexibility index (Phi) is 2.98. The Labute approximate surface area is 90.1 Å². The lowest BCUT2D eigenvalue weighted by molar-refractivity contribution is -0.0498. The zero-order valence-electron chi connectivity index (χ0n) is 7.33. The Morgan fingerprint density at radius 2 is 1.43 bits per heavy atom. The molecule has 4 heteroatoms. The third-order valence-corrected chi connectivity index (χ3v) is 3.91. The quantitative estimate of drug-likeness (QED) is 0.788. The fourth-order valence-electron chi connectivity index (χ4n) is 1.37. The van der Waals surface area contributed by atoms with E-state index in [1.165, 1.54) is 0 Å². The lowest BCUT2D eigenvalue weighted by atomic mass is 10.1. The molecule has 2 rings (SSSR count). The van der Waals surface area contributed by atoms with Crippen LogP contribution in [0.2, 0.25) is 0 Å². The molecule has 14 heavy (non-hydrogen) atoms. The minimum absolute atomic E-state index is 0.296. The summed E-state index contributed by atoms with van der Waals surface area (Å²) in [6, 6.07) is 7.69. The number of hydrogen-bond donors (Lipinski definition) is 2. The van der Waals surface area contributed by atoms with Crippen LogP contribution in [0.4, 0.5) is 0 Å². The van der Waals surface area contributed by atoms with Crippen molar-refractivity contribution in [1.29, 1.82) is 0 Å². The molecule has 2 aromatic heterocycles. The predicted molar refractivity (Wildman–Crippen MR) is 58.7 cm³/mol. The molecular formula is C10H10O2S2. The van der Waals surface area contributed by atoms with E-state index in [2.05, 4.69) is 0 Å². The molecule has 0 aliphatic rings. The van der Waals surface area contributed by atoms with Crippen LogP contribution in [0.5, 0.6) is 0 Å². The highest BCUT2D eigenvalue weighted by molar-refractivity contribution is 7.11. The minimum Gasteiger partial charge on any atom is -0.367 e. The van der Waals surface area contributed by atoms with Crippen molar-refractivity contribution in [1.82, 2.24) is 0 Å². The second-order valence-corrected chi connectivity index (χ2v) is 4.88. The van der Waals surface area contributed by atoms with Gasteiger partial charge in [0.1, 0.15) is 0 Å². The van der Waals surface area contributed by atoms with E-state index in [0.29, 0.717) is 0 Å². The summed E-state index contributed by atoms with van der Waals surface area (Å²) in [5.41, 5.74) is 0. The van der Waals surface area contributed by atoms with Gasteiger partial charge in [0.05, 0.1) is 5.92 Å². The Bertz CT molecular complexity index is 330. The highest BCUT2D eigenvalue weighted by atomic mass is 32.1. The summed E-state index contributed by atoms with van der Waals surface area (Å²) in [4.78, 5) is 1.98. The second kappa shape index (κ2) is 4.23. The molecule has 0 atom stereocenters. The van der Waals surface area contributed by atoms with Gasteiger partial charge in [-0.15, -0.1) is 22.7 Å². The van der Waals surface area contributed by atoms with Gasteiger partial charge in [0.2, 0.25) is 0 Å². The number of thiophene rings is 2. The maximum atomic E-state index is 9.32. The predicted octanol–water partition coefficient (Wildman–Crippen LogP) is 2.25. The first-order valence-corrected chi connectivity index (χ1v) is 5.98. The SMILES string of the molecule is OC(O)C(c1cccs1)c1cccs1. The van der Waals surface area contributed by atoms with Crippen molar-refractivity contribution >= 4 is 22.7 Å². The molecule has 0 unspecified atom stereocenters. The second-order valence-electron chi connectivity index (χ2n) is 2.92. The first-order valence-electron chi connectivity index (χ1n) is 4.22.